The van der Waals surface area contributed by atoms with Crippen molar-refractivity contribution >= 4 is 34.2 Å². The molecule has 2 N–H and O–H groups in total. The van der Waals surface area contributed by atoms with Crippen LogP contribution in [0.25, 0.3) is 11.0 Å². The Bertz CT molecular complexity index is 1120. The molecule has 0 unspecified atom stereocenters. The molecule has 5 rings (SSSR count). The van der Waals surface area contributed by atoms with E-state index < -0.39 is 12.0 Å². The predicted octanol–water partition coefficient (Wildman–Crippen LogP) is 3.57. The van der Waals surface area contributed by atoms with Crippen molar-refractivity contribution < 1.29 is 28.2 Å². The summed E-state index contributed by atoms with van der Waals surface area (Å²) in [6, 6.07) is 12.3. The summed E-state index contributed by atoms with van der Waals surface area (Å²) in [5.41, 5.74) is 1.37. The molecule has 0 saturated carbocycles. The van der Waals surface area contributed by atoms with Gasteiger partial charge in [0.2, 0.25) is 5.76 Å². The Balaban J connectivity index is 1.44. The van der Waals surface area contributed by atoms with Gasteiger partial charge in [-0.3, -0.25) is 9.59 Å². The van der Waals surface area contributed by atoms with Gasteiger partial charge in [0.15, 0.2) is 11.5 Å². The van der Waals surface area contributed by atoms with Gasteiger partial charge in [0.1, 0.15) is 30.6 Å². The zero-order chi connectivity index (χ0) is 20.5. The number of hydrogen-bond acceptors (Lipinski definition) is 6. The van der Waals surface area contributed by atoms with E-state index in [9.17, 15) is 9.59 Å². The van der Waals surface area contributed by atoms with Crippen LogP contribution < -0.4 is 20.1 Å². The molecule has 0 bridgehead atoms. The first kappa shape index (κ1) is 18.5. The molecule has 2 aromatic carbocycles. The van der Waals surface area contributed by atoms with Crippen LogP contribution in [-0.2, 0) is 9.53 Å². The summed E-state index contributed by atoms with van der Waals surface area (Å²) in [5, 5.41) is 6.28. The van der Waals surface area contributed by atoms with Gasteiger partial charge in [0.25, 0.3) is 11.8 Å². The van der Waals surface area contributed by atoms with E-state index in [4.69, 9.17) is 18.6 Å². The van der Waals surface area contributed by atoms with Crippen LogP contribution >= 0.6 is 0 Å². The molecule has 1 atom stereocenters. The first-order valence-electron chi connectivity index (χ1n) is 9.84. The monoisotopic (exact) mass is 408 g/mol. The van der Waals surface area contributed by atoms with Crippen LogP contribution in [-0.4, -0.2) is 37.7 Å². The van der Waals surface area contributed by atoms with Crippen molar-refractivity contribution in [2.75, 3.05) is 30.5 Å². The Hall–Kier alpha value is -3.52. The average Bonchev–Trinajstić information content (AvgIpc) is 3.42. The zero-order valence-corrected chi connectivity index (χ0v) is 16.1. The topological polar surface area (TPSA) is 99.0 Å². The Kier molecular flexibility index (Phi) is 4.76. The number of amides is 2. The molecule has 1 aromatic heterocycles. The van der Waals surface area contributed by atoms with Crippen molar-refractivity contribution in [1.82, 2.24) is 0 Å². The van der Waals surface area contributed by atoms with Gasteiger partial charge in [0.05, 0.1) is 0 Å². The van der Waals surface area contributed by atoms with E-state index >= 15 is 0 Å². The summed E-state index contributed by atoms with van der Waals surface area (Å²) < 4.78 is 22.3. The predicted molar refractivity (Wildman–Crippen MR) is 109 cm³/mol. The number of benzene rings is 2. The summed E-state index contributed by atoms with van der Waals surface area (Å²) in [6.45, 7) is 1.50. The lowest BCUT2D eigenvalue weighted by Gasteiger charge is -2.19. The molecule has 3 heterocycles. The highest BCUT2D eigenvalue weighted by Crippen LogP contribution is 2.35. The van der Waals surface area contributed by atoms with Crippen LogP contribution in [0.4, 0.5) is 11.4 Å². The lowest BCUT2D eigenvalue weighted by molar-refractivity contribution is -0.124. The number of ether oxygens (including phenoxy) is 3. The SMILES string of the molecule is O=C(Nc1ccc2c(c1)OCCO2)c1oc2ccccc2c1NC(=O)[C@@H]1CCCO1. The normalized spacial score (nSPS) is 17.7. The third-order valence-electron chi connectivity index (χ3n) is 5.07. The Morgan fingerprint density at radius 1 is 0.933 bits per heavy atom. The van der Waals surface area contributed by atoms with Crippen LogP contribution in [0, 0.1) is 0 Å². The van der Waals surface area contributed by atoms with Gasteiger partial charge in [-0.15, -0.1) is 0 Å². The molecule has 3 aromatic rings. The standard InChI is InChI=1S/C22H20N2O6/c25-21(17-6-3-9-27-17)24-19-14-4-1-2-5-15(14)30-20(19)22(26)23-13-7-8-16-18(12-13)29-11-10-28-16/h1-2,4-5,7-8,12,17H,3,6,9-11H2,(H,23,26)(H,24,25)/t17-/m0/s1. The van der Waals surface area contributed by atoms with Crippen LogP contribution in [0.5, 0.6) is 11.5 Å². The first-order chi connectivity index (χ1) is 14.7. The minimum atomic E-state index is -0.521. The molecule has 0 radical (unpaired) electrons. The van der Waals surface area contributed by atoms with E-state index in [1.54, 1.807) is 36.4 Å². The van der Waals surface area contributed by atoms with Crippen molar-refractivity contribution in [3.8, 4) is 11.5 Å². The van der Waals surface area contributed by atoms with Gasteiger partial charge in [-0.25, -0.2) is 0 Å². The van der Waals surface area contributed by atoms with E-state index in [-0.39, 0.29) is 11.7 Å². The second kappa shape index (κ2) is 7.72. The van der Waals surface area contributed by atoms with Crippen molar-refractivity contribution in [2.24, 2.45) is 0 Å². The summed E-state index contributed by atoms with van der Waals surface area (Å²) in [5.74, 6) is 0.457. The van der Waals surface area contributed by atoms with Crippen molar-refractivity contribution in [2.45, 2.75) is 18.9 Å². The fraction of sp³-hybridized carbons (Fsp3) is 0.273. The fourth-order valence-corrected chi connectivity index (χ4v) is 3.63. The number of carbonyl (C=O) groups excluding carboxylic acids is 2. The van der Waals surface area contributed by atoms with Gasteiger partial charge in [-0.05, 0) is 37.1 Å². The molecule has 0 spiro atoms. The molecule has 2 aliphatic rings. The molecule has 30 heavy (non-hydrogen) atoms. The molecule has 1 saturated heterocycles. The van der Waals surface area contributed by atoms with Crippen LogP contribution in [0.15, 0.2) is 46.9 Å². The second-order valence-corrected chi connectivity index (χ2v) is 7.11. The van der Waals surface area contributed by atoms with Crippen LogP contribution in [0.2, 0.25) is 0 Å². The largest absolute Gasteiger partial charge is 0.486 e. The van der Waals surface area contributed by atoms with Gasteiger partial charge >= 0.3 is 0 Å². The second-order valence-electron chi connectivity index (χ2n) is 7.11. The molecule has 0 aliphatic carbocycles. The summed E-state index contributed by atoms with van der Waals surface area (Å²) >= 11 is 0. The number of anilines is 2. The van der Waals surface area contributed by atoms with Crippen molar-refractivity contribution in [3.05, 3.63) is 48.2 Å². The molecule has 8 nitrogen and oxygen atoms in total. The van der Waals surface area contributed by atoms with Crippen molar-refractivity contribution in [3.63, 3.8) is 0 Å². The molecule has 2 amide bonds. The summed E-state index contributed by atoms with van der Waals surface area (Å²) in [7, 11) is 0. The number of hydrogen-bond donors (Lipinski definition) is 2. The van der Waals surface area contributed by atoms with Crippen LogP contribution in [0.3, 0.4) is 0 Å². The number of fused-ring (bicyclic) bond motifs is 2. The highest BCUT2D eigenvalue weighted by Gasteiger charge is 2.28. The summed E-state index contributed by atoms with van der Waals surface area (Å²) in [6.07, 6.45) is 0.967. The van der Waals surface area contributed by atoms with Gasteiger partial charge in [-0.2, -0.15) is 0 Å². The van der Waals surface area contributed by atoms with Gasteiger partial charge in [-0.1, -0.05) is 12.1 Å². The highest BCUT2D eigenvalue weighted by atomic mass is 16.6. The quantitative estimate of drug-likeness (QED) is 0.685. The van der Waals surface area contributed by atoms with Crippen LogP contribution in [0.1, 0.15) is 23.4 Å². The Labute approximate surface area is 172 Å². The first-order valence-corrected chi connectivity index (χ1v) is 9.84. The molecular weight excluding hydrogens is 388 g/mol. The molecule has 8 heteroatoms. The van der Waals surface area contributed by atoms with E-state index in [0.717, 1.165) is 6.42 Å². The lowest BCUT2D eigenvalue weighted by Crippen LogP contribution is -2.27. The maximum absolute atomic E-state index is 13.0. The lowest BCUT2D eigenvalue weighted by atomic mass is 10.2. The van der Waals surface area contributed by atoms with Gasteiger partial charge in [0, 0.05) is 23.7 Å². The molecular formula is C22H20N2O6. The highest BCUT2D eigenvalue weighted by molar-refractivity contribution is 6.15. The smallest absolute Gasteiger partial charge is 0.293 e. The third-order valence-corrected chi connectivity index (χ3v) is 5.07. The number of para-hydroxylation sites is 1. The minimum absolute atomic E-state index is 0.0254. The fourth-order valence-electron chi connectivity index (χ4n) is 3.63. The van der Waals surface area contributed by atoms with E-state index in [0.29, 0.717) is 60.1 Å². The zero-order valence-electron chi connectivity index (χ0n) is 16.1. The van der Waals surface area contributed by atoms with E-state index in [1.165, 1.54) is 0 Å². The van der Waals surface area contributed by atoms with Crippen molar-refractivity contribution in [1.29, 1.82) is 0 Å². The number of carbonyl (C=O) groups is 2. The number of furan rings is 1. The average molecular weight is 408 g/mol. The molecule has 154 valence electrons. The molecule has 1 fully saturated rings. The molecule has 2 aliphatic heterocycles. The third kappa shape index (κ3) is 3.46. The maximum Gasteiger partial charge on any atom is 0.293 e. The Morgan fingerprint density at radius 3 is 2.60 bits per heavy atom. The van der Waals surface area contributed by atoms with Gasteiger partial charge < -0.3 is 29.3 Å². The maximum atomic E-state index is 13.0. The van der Waals surface area contributed by atoms with E-state index in [2.05, 4.69) is 10.6 Å². The minimum Gasteiger partial charge on any atom is -0.486 e. The number of rotatable bonds is 4. The van der Waals surface area contributed by atoms with E-state index in [1.807, 2.05) is 6.07 Å². The number of nitrogens with one attached hydrogen (secondary N) is 2. The Morgan fingerprint density at radius 2 is 1.77 bits per heavy atom. The summed E-state index contributed by atoms with van der Waals surface area (Å²) in [4.78, 5) is 25.6.